The van der Waals surface area contributed by atoms with Gasteiger partial charge in [-0.3, -0.25) is 0 Å². The van der Waals surface area contributed by atoms with Crippen LogP contribution in [0.3, 0.4) is 0 Å². The summed E-state index contributed by atoms with van der Waals surface area (Å²) in [5.74, 6) is -0.169. The SMILES string of the molecule is CNC(c1cc(F)cc(F)c1)C1CC1c1ccccc1. The van der Waals surface area contributed by atoms with Gasteiger partial charge in [0.05, 0.1) is 0 Å². The molecular formula is C17H17F2N. The first-order chi connectivity index (χ1) is 9.69. The van der Waals surface area contributed by atoms with Crippen molar-refractivity contribution in [3.8, 4) is 0 Å². The predicted molar refractivity (Wildman–Crippen MR) is 75.4 cm³/mol. The van der Waals surface area contributed by atoms with Crippen LogP contribution in [0.25, 0.3) is 0 Å². The Labute approximate surface area is 117 Å². The zero-order valence-corrected chi connectivity index (χ0v) is 11.3. The monoisotopic (exact) mass is 273 g/mol. The summed E-state index contributed by atoms with van der Waals surface area (Å²) in [6.45, 7) is 0. The number of hydrogen-bond donors (Lipinski definition) is 1. The molecule has 0 saturated heterocycles. The van der Waals surface area contributed by atoms with Crippen LogP contribution in [-0.4, -0.2) is 7.05 Å². The molecule has 1 saturated carbocycles. The van der Waals surface area contributed by atoms with Gasteiger partial charge in [-0.05, 0) is 48.6 Å². The summed E-state index contributed by atoms with van der Waals surface area (Å²) >= 11 is 0. The van der Waals surface area contributed by atoms with E-state index in [0.29, 0.717) is 17.4 Å². The van der Waals surface area contributed by atoms with Gasteiger partial charge in [0.1, 0.15) is 11.6 Å². The van der Waals surface area contributed by atoms with Gasteiger partial charge >= 0.3 is 0 Å². The molecule has 1 aliphatic rings. The van der Waals surface area contributed by atoms with Crippen LogP contribution in [0.2, 0.25) is 0 Å². The van der Waals surface area contributed by atoms with E-state index in [0.717, 1.165) is 12.5 Å². The lowest BCUT2D eigenvalue weighted by Crippen LogP contribution is -2.19. The molecule has 1 nitrogen and oxygen atoms in total. The second-order valence-corrected chi connectivity index (χ2v) is 5.39. The van der Waals surface area contributed by atoms with Crippen molar-refractivity contribution in [2.24, 2.45) is 5.92 Å². The summed E-state index contributed by atoms with van der Waals surface area (Å²) in [4.78, 5) is 0. The lowest BCUT2D eigenvalue weighted by atomic mass is 9.98. The number of benzene rings is 2. The molecule has 0 heterocycles. The zero-order chi connectivity index (χ0) is 14.1. The molecule has 1 fully saturated rings. The van der Waals surface area contributed by atoms with E-state index < -0.39 is 11.6 Å². The van der Waals surface area contributed by atoms with Crippen LogP contribution in [0.1, 0.15) is 29.5 Å². The zero-order valence-electron chi connectivity index (χ0n) is 11.3. The molecule has 3 atom stereocenters. The van der Waals surface area contributed by atoms with E-state index in [2.05, 4.69) is 17.4 Å². The number of rotatable bonds is 4. The Kier molecular flexibility index (Phi) is 3.53. The summed E-state index contributed by atoms with van der Waals surface area (Å²) in [5.41, 5.74) is 1.99. The van der Waals surface area contributed by atoms with E-state index >= 15 is 0 Å². The van der Waals surface area contributed by atoms with E-state index in [-0.39, 0.29) is 6.04 Å². The fourth-order valence-corrected chi connectivity index (χ4v) is 3.05. The van der Waals surface area contributed by atoms with Gasteiger partial charge < -0.3 is 5.32 Å². The Morgan fingerprint density at radius 2 is 1.70 bits per heavy atom. The highest BCUT2D eigenvalue weighted by Crippen LogP contribution is 2.53. The Hall–Kier alpha value is -1.74. The van der Waals surface area contributed by atoms with Crippen LogP contribution in [0.4, 0.5) is 8.78 Å². The van der Waals surface area contributed by atoms with E-state index in [1.807, 2.05) is 25.2 Å². The molecule has 2 aromatic rings. The third-order valence-corrected chi connectivity index (χ3v) is 4.05. The fourth-order valence-electron chi connectivity index (χ4n) is 3.05. The highest BCUT2D eigenvalue weighted by atomic mass is 19.1. The van der Waals surface area contributed by atoms with E-state index in [9.17, 15) is 8.78 Å². The van der Waals surface area contributed by atoms with Crippen molar-refractivity contribution < 1.29 is 8.78 Å². The van der Waals surface area contributed by atoms with Crippen LogP contribution in [-0.2, 0) is 0 Å². The van der Waals surface area contributed by atoms with Crippen LogP contribution in [0, 0.1) is 17.6 Å². The minimum Gasteiger partial charge on any atom is -0.313 e. The van der Waals surface area contributed by atoms with Crippen LogP contribution < -0.4 is 5.32 Å². The quantitative estimate of drug-likeness (QED) is 0.887. The third kappa shape index (κ3) is 2.59. The van der Waals surface area contributed by atoms with Crippen molar-refractivity contribution in [3.05, 3.63) is 71.3 Å². The minimum absolute atomic E-state index is 0.00888. The summed E-state index contributed by atoms with van der Waals surface area (Å²) < 4.78 is 26.7. The fraction of sp³-hybridized carbons (Fsp3) is 0.294. The molecule has 3 heteroatoms. The molecule has 2 aromatic carbocycles. The molecule has 0 bridgehead atoms. The van der Waals surface area contributed by atoms with E-state index in [1.165, 1.54) is 17.7 Å². The summed E-state index contributed by atoms with van der Waals surface area (Å²) in [6.07, 6.45) is 1.05. The van der Waals surface area contributed by atoms with Gasteiger partial charge in [0.15, 0.2) is 0 Å². The minimum atomic E-state index is -0.517. The van der Waals surface area contributed by atoms with E-state index in [4.69, 9.17) is 0 Å². The standard InChI is InChI=1S/C17H17F2N/c1-20-17(12-7-13(18)9-14(19)8-12)16-10-15(16)11-5-3-2-4-6-11/h2-9,15-17,20H,10H2,1H3. The largest absolute Gasteiger partial charge is 0.313 e. The predicted octanol–water partition coefficient (Wildman–Crippen LogP) is 4.03. The van der Waals surface area contributed by atoms with Crippen molar-refractivity contribution in [2.45, 2.75) is 18.4 Å². The van der Waals surface area contributed by atoms with Crippen molar-refractivity contribution in [3.63, 3.8) is 0 Å². The lowest BCUT2D eigenvalue weighted by Gasteiger charge is -2.17. The first kappa shape index (κ1) is 13.3. The molecule has 3 unspecified atom stereocenters. The first-order valence-electron chi connectivity index (χ1n) is 6.87. The number of nitrogens with one attached hydrogen (secondary N) is 1. The molecule has 104 valence electrons. The topological polar surface area (TPSA) is 12.0 Å². The lowest BCUT2D eigenvalue weighted by molar-refractivity contribution is 0.504. The van der Waals surface area contributed by atoms with Gasteiger partial charge in [0.2, 0.25) is 0 Å². The van der Waals surface area contributed by atoms with Crippen LogP contribution in [0.5, 0.6) is 0 Å². The van der Waals surface area contributed by atoms with Crippen LogP contribution in [0.15, 0.2) is 48.5 Å². The van der Waals surface area contributed by atoms with Crippen molar-refractivity contribution >= 4 is 0 Å². The number of hydrogen-bond acceptors (Lipinski definition) is 1. The van der Waals surface area contributed by atoms with Crippen LogP contribution >= 0.6 is 0 Å². The maximum Gasteiger partial charge on any atom is 0.126 e. The van der Waals surface area contributed by atoms with Gasteiger partial charge in [-0.25, -0.2) is 8.78 Å². The maximum atomic E-state index is 13.4. The second-order valence-electron chi connectivity index (χ2n) is 5.39. The average Bonchev–Trinajstić information content (AvgIpc) is 3.20. The Morgan fingerprint density at radius 3 is 2.30 bits per heavy atom. The Bertz CT molecular complexity index is 577. The molecule has 0 spiro atoms. The number of halogens is 2. The smallest absolute Gasteiger partial charge is 0.126 e. The summed E-state index contributed by atoms with van der Waals surface area (Å²) in [6, 6.07) is 14.0. The highest BCUT2D eigenvalue weighted by Gasteiger charge is 2.43. The molecule has 0 amide bonds. The van der Waals surface area contributed by atoms with Gasteiger partial charge in [-0.2, -0.15) is 0 Å². The normalized spacial score (nSPS) is 22.6. The van der Waals surface area contributed by atoms with Gasteiger partial charge in [0, 0.05) is 12.1 Å². The molecule has 0 radical (unpaired) electrons. The van der Waals surface area contributed by atoms with Gasteiger partial charge in [-0.15, -0.1) is 0 Å². The Balaban J connectivity index is 1.82. The molecular weight excluding hydrogens is 256 g/mol. The van der Waals surface area contributed by atoms with E-state index in [1.54, 1.807) is 0 Å². The summed E-state index contributed by atoms with van der Waals surface area (Å²) in [5, 5.41) is 3.20. The molecule has 0 aromatic heterocycles. The third-order valence-electron chi connectivity index (χ3n) is 4.05. The van der Waals surface area contributed by atoms with Crippen molar-refractivity contribution in [1.82, 2.24) is 5.32 Å². The highest BCUT2D eigenvalue weighted by molar-refractivity contribution is 5.31. The van der Waals surface area contributed by atoms with Gasteiger partial charge in [0.25, 0.3) is 0 Å². The molecule has 20 heavy (non-hydrogen) atoms. The van der Waals surface area contributed by atoms with Gasteiger partial charge in [-0.1, -0.05) is 30.3 Å². The molecule has 1 aliphatic carbocycles. The molecule has 0 aliphatic heterocycles. The molecule has 1 N–H and O–H groups in total. The second kappa shape index (κ2) is 5.33. The summed E-state index contributed by atoms with van der Waals surface area (Å²) in [7, 11) is 1.84. The average molecular weight is 273 g/mol. The van der Waals surface area contributed by atoms with Crippen molar-refractivity contribution in [1.29, 1.82) is 0 Å². The first-order valence-corrected chi connectivity index (χ1v) is 6.87. The van der Waals surface area contributed by atoms with Crippen molar-refractivity contribution in [2.75, 3.05) is 7.05 Å². The maximum absolute atomic E-state index is 13.4. The Morgan fingerprint density at radius 1 is 1.05 bits per heavy atom. The molecule has 3 rings (SSSR count).